The summed E-state index contributed by atoms with van der Waals surface area (Å²) in [6.45, 7) is 3.51. The lowest BCUT2D eigenvalue weighted by molar-refractivity contribution is -0.128. The SMILES string of the molecule is CCCc1[nH]c(C2CC(=O)N(Cc3ccncc3)C2)nc1-c1ccccc1. The molecule has 3 heterocycles. The van der Waals surface area contributed by atoms with E-state index in [9.17, 15) is 4.79 Å². The summed E-state index contributed by atoms with van der Waals surface area (Å²) in [7, 11) is 0. The van der Waals surface area contributed by atoms with E-state index in [2.05, 4.69) is 29.0 Å². The van der Waals surface area contributed by atoms with Crippen LogP contribution in [0, 0.1) is 0 Å². The molecular weight excluding hydrogens is 336 g/mol. The first-order valence-electron chi connectivity index (χ1n) is 9.55. The molecule has 1 atom stereocenters. The van der Waals surface area contributed by atoms with Crippen molar-refractivity contribution in [2.75, 3.05) is 6.54 Å². The molecule has 1 fully saturated rings. The second kappa shape index (κ2) is 7.74. The zero-order chi connectivity index (χ0) is 18.6. The van der Waals surface area contributed by atoms with Crippen molar-refractivity contribution in [3.63, 3.8) is 0 Å². The number of pyridine rings is 1. The molecule has 1 amide bonds. The maximum absolute atomic E-state index is 12.5. The van der Waals surface area contributed by atoms with Crippen LogP contribution in [0.1, 0.15) is 42.8 Å². The Bertz CT molecular complexity index is 905. The fourth-order valence-corrected chi connectivity index (χ4v) is 3.71. The van der Waals surface area contributed by atoms with Crippen molar-refractivity contribution < 1.29 is 4.79 Å². The van der Waals surface area contributed by atoms with Crippen molar-refractivity contribution >= 4 is 5.91 Å². The van der Waals surface area contributed by atoms with Gasteiger partial charge in [0.2, 0.25) is 5.91 Å². The standard InChI is InChI=1S/C22H24N4O/c1-2-6-19-21(17-7-4-3-5-8-17)25-22(24-19)18-13-20(27)26(15-18)14-16-9-11-23-12-10-16/h3-5,7-12,18H,2,6,13-15H2,1H3,(H,24,25). The third kappa shape index (κ3) is 3.77. The van der Waals surface area contributed by atoms with Crippen LogP contribution in [0.3, 0.4) is 0 Å². The molecule has 0 aliphatic carbocycles. The van der Waals surface area contributed by atoms with Gasteiger partial charge >= 0.3 is 0 Å². The molecule has 0 bridgehead atoms. The van der Waals surface area contributed by atoms with Crippen molar-refractivity contribution in [2.24, 2.45) is 0 Å². The van der Waals surface area contributed by atoms with Gasteiger partial charge in [0.15, 0.2) is 0 Å². The number of H-pyrrole nitrogens is 1. The van der Waals surface area contributed by atoms with Gasteiger partial charge in [-0.3, -0.25) is 9.78 Å². The highest BCUT2D eigenvalue weighted by atomic mass is 16.2. The van der Waals surface area contributed by atoms with Crippen LogP contribution in [0.5, 0.6) is 0 Å². The topological polar surface area (TPSA) is 61.9 Å². The zero-order valence-electron chi connectivity index (χ0n) is 15.6. The van der Waals surface area contributed by atoms with Crippen molar-refractivity contribution in [1.82, 2.24) is 19.9 Å². The molecule has 5 heteroatoms. The summed E-state index contributed by atoms with van der Waals surface area (Å²) in [5, 5.41) is 0. The number of hydrogen-bond acceptors (Lipinski definition) is 3. The molecule has 2 aromatic heterocycles. The van der Waals surface area contributed by atoms with E-state index in [0.29, 0.717) is 19.5 Å². The van der Waals surface area contributed by atoms with Crippen molar-refractivity contribution in [1.29, 1.82) is 0 Å². The molecule has 1 aliphatic rings. The Kier molecular flexibility index (Phi) is 5.01. The Morgan fingerprint density at radius 1 is 1.15 bits per heavy atom. The normalized spacial score (nSPS) is 16.9. The summed E-state index contributed by atoms with van der Waals surface area (Å²) in [6.07, 6.45) is 6.06. The van der Waals surface area contributed by atoms with Crippen LogP contribution in [0.15, 0.2) is 54.9 Å². The number of carbonyl (C=O) groups is 1. The van der Waals surface area contributed by atoms with Crippen LogP contribution in [-0.4, -0.2) is 32.3 Å². The number of aromatic nitrogens is 3. The maximum Gasteiger partial charge on any atom is 0.223 e. The van der Waals surface area contributed by atoms with Gasteiger partial charge in [-0.2, -0.15) is 0 Å². The molecule has 3 aromatic rings. The maximum atomic E-state index is 12.5. The monoisotopic (exact) mass is 360 g/mol. The Hall–Kier alpha value is -2.95. The molecule has 1 aromatic carbocycles. The molecule has 0 saturated carbocycles. The Morgan fingerprint density at radius 3 is 2.67 bits per heavy atom. The van der Waals surface area contributed by atoms with Crippen LogP contribution >= 0.6 is 0 Å². The first-order chi connectivity index (χ1) is 13.2. The predicted molar refractivity (Wildman–Crippen MR) is 105 cm³/mol. The average Bonchev–Trinajstić information content (AvgIpc) is 3.28. The minimum absolute atomic E-state index is 0.118. The van der Waals surface area contributed by atoms with Gasteiger partial charge < -0.3 is 9.88 Å². The summed E-state index contributed by atoms with van der Waals surface area (Å²) < 4.78 is 0. The second-order valence-corrected chi connectivity index (χ2v) is 7.10. The quantitative estimate of drug-likeness (QED) is 0.724. The largest absolute Gasteiger partial charge is 0.345 e. The number of carbonyl (C=O) groups excluding carboxylic acids is 1. The van der Waals surface area contributed by atoms with Crippen LogP contribution in [-0.2, 0) is 17.8 Å². The number of likely N-dealkylation sites (tertiary alicyclic amines) is 1. The highest BCUT2D eigenvalue weighted by Crippen LogP contribution is 2.31. The number of amides is 1. The average molecular weight is 360 g/mol. The van der Waals surface area contributed by atoms with Crippen LogP contribution in [0.4, 0.5) is 0 Å². The van der Waals surface area contributed by atoms with E-state index in [0.717, 1.165) is 35.5 Å². The van der Waals surface area contributed by atoms with E-state index < -0.39 is 0 Å². The van der Waals surface area contributed by atoms with E-state index in [1.54, 1.807) is 12.4 Å². The first-order valence-corrected chi connectivity index (χ1v) is 9.55. The molecule has 0 radical (unpaired) electrons. The van der Waals surface area contributed by atoms with E-state index in [1.165, 1.54) is 5.69 Å². The third-order valence-electron chi connectivity index (χ3n) is 5.07. The van der Waals surface area contributed by atoms with E-state index >= 15 is 0 Å². The second-order valence-electron chi connectivity index (χ2n) is 7.10. The number of aromatic amines is 1. The lowest BCUT2D eigenvalue weighted by Gasteiger charge is -2.16. The van der Waals surface area contributed by atoms with Crippen molar-refractivity contribution in [2.45, 2.75) is 38.6 Å². The lowest BCUT2D eigenvalue weighted by Crippen LogP contribution is -2.24. The van der Waals surface area contributed by atoms with Gasteiger partial charge in [-0.25, -0.2) is 4.98 Å². The van der Waals surface area contributed by atoms with Crippen molar-refractivity contribution in [3.05, 3.63) is 71.9 Å². The van der Waals surface area contributed by atoms with E-state index in [-0.39, 0.29) is 11.8 Å². The Balaban J connectivity index is 1.56. The van der Waals surface area contributed by atoms with Crippen LogP contribution < -0.4 is 0 Å². The van der Waals surface area contributed by atoms with Gasteiger partial charge in [0.05, 0.1) is 5.69 Å². The zero-order valence-corrected chi connectivity index (χ0v) is 15.6. The summed E-state index contributed by atoms with van der Waals surface area (Å²) >= 11 is 0. The molecule has 138 valence electrons. The highest BCUT2D eigenvalue weighted by molar-refractivity contribution is 5.79. The molecule has 1 saturated heterocycles. The van der Waals surface area contributed by atoms with E-state index in [4.69, 9.17) is 4.98 Å². The summed E-state index contributed by atoms with van der Waals surface area (Å²) in [4.78, 5) is 26.9. The molecule has 1 unspecified atom stereocenters. The molecule has 0 spiro atoms. The summed E-state index contributed by atoms with van der Waals surface area (Å²) in [6, 6.07) is 14.2. The molecule has 1 aliphatic heterocycles. The Morgan fingerprint density at radius 2 is 1.93 bits per heavy atom. The fourth-order valence-electron chi connectivity index (χ4n) is 3.71. The van der Waals surface area contributed by atoms with Gasteiger partial charge in [-0.1, -0.05) is 43.7 Å². The summed E-state index contributed by atoms with van der Waals surface area (Å²) in [5.74, 6) is 1.24. The van der Waals surface area contributed by atoms with Crippen LogP contribution in [0.2, 0.25) is 0 Å². The highest BCUT2D eigenvalue weighted by Gasteiger charge is 2.33. The molecule has 4 rings (SSSR count). The number of nitrogens with zero attached hydrogens (tertiary/aromatic N) is 3. The van der Waals surface area contributed by atoms with Crippen molar-refractivity contribution in [3.8, 4) is 11.3 Å². The number of nitrogens with one attached hydrogen (secondary N) is 1. The van der Waals surface area contributed by atoms with Crippen LogP contribution in [0.25, 0.3) is 11.3 Å². The fraction of sp³-hybridized carbons (Fsp3) is 0.318. The number of imidazole rings is 1. The number of benzene rings is 1. The summed E-state index contributed by atoms with van der Waals surface area (Å²) in [5.41, 5.74) is 4.42. The number of hydrogen-bond donors (Lipinski definition) is 1. The van der Waals surface area contributed by atoms with Gasteiger partial charge in [0, 0.05) is 49.1 Å². The van der Waals surface area contributed by atoms with Gasteiger partial charge in [0.1, 0.15) is 5.82 Å². The van der Waals surface area contributed by atoms with E-state index in [1.807, 2.05) is 35.2 Å². The Labute approximate surface area is 159 Å². The smallest absolute Gasteiger partial charge is 0.223 e. The van der Waals surface area contributed by atoms with Gasteiger partial charge in [-0.05, 0) is 24.1 Å². The molecular formula is C22H24N4O. The molecule has 5 nitrogen and oxygen atoms in total. The molecule has 1 N–H and O–H groups in total. The van der Waals surface area contributed by atoms with Gasteiger partial charge in [-0.15, -0.1) is 0 Å². The third-order valence-corrected chi connectivity index (χ3v) is 5.07. The minimum Gasteiger partial charge on any atom is -0.345 e. The first kappa shape index (κ1) is 17.5. The van der Waals surface area contributed by atoms with Gasteiger partial charge in [0.25, 0.3) is 0 Å². The minimum atomic E-state index is 0.118. The predicted octanol–water partition coefficient (Wildman–Crippen LogP) is 3.94. The molecule has 27 heavy (non-hydrogen) atoms. The number of rotatable bonds is 6. The lowest BCUT2D eigenvalue weighted by atomic mass is 10.1. The number of aryl methyl sites for hydroxylation is 1.